The van der Waals surface area contributed by atoms with Crippen molar-refractivity contribution >= 4 is 11.6 Å². The summed E-state index contributed by atoms with van der Waals surface area (Å²) >= 11 is 6.18. The van der Waals surface area contributed by atoms with Gasteiger partial charge in [-0.15, -0.1) is 11.6 Å². The van der Waals surface area contributed by atoms with E-state index in [1.165, 1.54) is 0 Å². The van der Waals surface area contributed by atoms with Crippen molar-refractivity contribution in [1.82, 2.24) is 0 Å². The molecule has 0 aliphatic heterocycles. The number of rotatable bonds is 34. The van der Waals surface area contributed by atoms with E-state index in [1.807, 2.05) is 32.9 Å². The Kier molecular flexibility index (Phi) is 29.1. The lowest BCUT2D eigenvalue weighted by atomic mass is 10.2. The molecule has 0 atom stereocenters. The minimum Gasteiger partial charge on any atom is -0.487 e. The van der Waals surface area contributed by atoms with Crippen molar-refractivity contribution in [2.45, 2.75) is 26.7 Å². The fourth-order valence-electron chi connectivity index (χ4n) is 3.44. The Morgan fingerprint density at radius 2 is 0.659 bits per heavy atom. The molecule has 0 unspecified atom stereocenters. The van der Waals surface area contributed by atoms with Crippen LogP contribution < -0.4 is 14.2 Å². The maximum absolute atomic E-state index is 6.18. The molecule has 0 aliphatic rings. The second-order valence-electron chi connectivity index (χ2n) is 8.87. The van der Waals surface area contributed by atoms with Crippen LogP contribution in [0.4, 0.5) is 0 Å². The first-order valence-corrected chi connectivity index (χ1v) is 16.1. The van der Waals surface area contributed by atoms with Crippen LogP contribution in [0.3, 0.4) is 0 Å². The Morgan fingerprint density at radius 3 is 0.955 bits per heavy atom. The quantitative estimate of drug-likeness (QED) is 0.0797. The van der Waals surface area contributed by atoms with Gasteiger partial charge in [0.2, 0.25) is 5.75 Å². The Morgan fingerprint density at radius 1 is 0.386 bits per heavy atom. The molecule has 0 spiro atoms. The van der Waals surface area contributed by atoms with Crippen LogP contribution in [0.1, 0.15) is 26.3 Å². The van der Waals surface area contributed by atoms with Crippen molar-refractivity contribution in [2.75, 3.05) is 139 Å². The smallest absolute Gasteiger partial charge is 0.203 e. The van der Waals surface area contributed by atoms with Gasteiger partial charge in [-0.2, -0.15) is 0 Å². The predicted molar refractivity (Wildman–Crippen MR) is 167 cm³/mol. The molecule has 258 valence electrons. The molecule has 0 aliphatic carbocycles. The number of hydrogen-bond acceptors (Lipinski definition) is 12. The van der Waals surface area contributed by atoms with Crippen molar-refractivity contribution in [3.05, 3.63) is 17.7 Å². The monoisotopic (exact) mass is 654 g/mol. The summed E-state index contributed by atoms with van der Waals surface area (Å²) in [5.41, 5.74) is 0.830. The molecule has 13 heteroatoms. The molecular formula is C31H55ClO12. The SMILES string of the molecule is CCOCCOCCOCCOc1cc(CCl)cc(OCCOCCOCCOCC)c1OCCOCCOCCOCC. The lowest BCUT2D eigenvalue weighted by Crippen LogP contribution is -2.15. The number of ether oxygens (including phenoxy) is 12. The van der Waals surface area contributed by atoms with Gasteiger partial charge in [0.1, 0.15) is 19.8 Å². The lowest BCUT2D eigenvalue weighted by Gasteiger charge is -2.18. The van der Waals surface area contributed by atoms with Crippen LogP contribution in [0.15, 0.2) is 12.1 Å². The summed E-state index contributed by atoms with van der Waals surface area (Å²) in [6, 6.07) is 3.68. The molecule has 0 N–H and O–H groups in total. The van der Waals surface area contributed by atoms with E-state index in [0.717, 1.165) is 5.56 Å². The Hall–Kier alpha value is -1.45. The highest BCUT2D eigenvalue weighted by Crippen LogP contribution is 2.39. The van der Waals surface area contributed by atoms with Crippen molar-refractivity contribution in [1.29, 1.82) is 0 Å². The topological polar surface area (TPSA) is 111 Å². The van der Waals surface area contributed by atoms with E-state index >= 15 is 0 Å². The van der Waals surface area contributed by atoms with Gasteiger partial charge in [-0.1, -0.05) is 0 Å². The van der Waals surface area contributed by atoms with Gasteiger partial charge in [0.25, 0.3) is 0 Å². The molecule has 0 heterocycles. The summed E-state index contributed by atoms with van der Waals surface area (Å²) in [5, 5.41) is 0. The maximum atomic E-state index is 6.18. The maximum Gasteiger partial charge on any atom is 0.203 e. The van der Waals surface area contributed by atoms with Gasteiger partial charge in [0.15, 0.2) is 11.5 Å². The largest absolute Gasteiger partial charge is 0.487 e. The summed E-state index contributed by atoms with van der Waals surface area (Å²) in [4.78, 5) is 0. The van der Waals surface area contributed by atoms with Gasteiger partial charge in [-0.05, 0) is 38.5 Å². The number of benzene rings is 1. The summed E-state index contributed by atoms with van der Waals surface area (Å²) in [6.07, 6.45) is 0. The van der Waals surface area contributed by atoms with E-state index in [9.17, 15) is 0 Å². The van der Waals surface area contributed by atoms with E-state index < -0.39 is 0 Å². The van der Waals surface area contributed by atoms with Gasteiger partial charge >= 0.3 is 0 Å². The number of hydrogen-bond donors (Lipinski definition) is 0. The van der Waals surface area contributed by atoms with Gasteiger partial charge in [0, 0.05) is 25.7 Å². The summed E-state index contributed by atoms with van der Waals surface area (Å²) in [6.45, 7) is 16.1. The highest BCUT2D eigenvalue weighted by atomic mass is 35.5. The van der Waals surface area contributed by atoms with Crippen LogP contribution in [0.2, 0.25) is 0 Å². The third kappa shape index (κ3) is 23.0. The van der Waals surface area contributed by atoms with Crippen LogP contribution in [-0.2, 0) is 48.5 Å². The molecule has 12 nitrogen and oxygen atoms in total. The van der Waals surface area contributed by atoms with Crippen molar-refractivity contribution in [3.63, 3.8) is 0 Å². The third-order valence-corrected chi connectivity index (χ3v) is 5.83. The molecule has 1 rings (SSSR count). The van der Waals surface area contributed by atoms with E-state index in [1.54, 1.807) is 0 Å². The van der Waals surface area contributed by atoms with E-state index in [0.29, 0.717) is 149 Å². The molecule has 1 aromatic carbocycles. The van der Waals surface area contributed by atoms with E-state index in [2.05, 4.69) is 0 Å². The fourth-order valence-corrected chi connectivity index (χ4v) is 3.60. The van der Waals surface area contributed by atoms with Gasteiger partial charge in [-0.3, -0.25) is 0 Å². The van der Waals surface area contributed by atoms with E-state index in [-0.39, 0.29) is 12.5 Å². The molecule has 44 heavy (non-hydrogen) atoms. The Bertz CT molecular complexity index is 713. The minimum atomic E-state index is 0.282. The first-order chi connectivity index (χ1) is 21.8. The molecule has 1 aromatic rings. The highest BCUT2D eigenvalue weighted by Gasteiger charge is 2.16. The minimum absolute atomic E-state index is 0.282. The van der Waals surface area contributed by atoms with Crippen molar-refractivity contribution in [2.24, 2.45) is 0 Å². The van der Waals surface area contributed by atoms with Crippen LogP contribution in [0.5, 0.6) is 17.2 Å². The molecule has 0 bridgehead atoms. The van der Waals surface area contributed by atoms with Gasteiger partial charge in [-0.25, -0.2) is 0 Å². The number of alkyl halides is 1. The Balaban J connectivity index is 2.57. The number of halogens is 1. The first-order valence-electron chi connectivity index (χ1n) is 15.6. The average molecular weight is 655 g/mol. The molecule has 0 saturated heterocycles. The van der Waals surface area contributed by atoms with Crippen LogP contribution in [-0.4, -0.2) is 139 Å². The van der Waals surface area contributed by atoms with Crippen LogP contribution in [0, 0.1) is 0 Å². The zero-order chi connectivity index (χ0) is 31.8. The summed E-state index contributed by atoms with van der Waals surface area (Å²) < 4.78 is 67.2. The zero-order valence-corrected chi connectivity index (χ0v) is 27.7. The fraction of sp³-hybridized carbons (Fsp3) is 0.806. The van der Waals surface area contributed by atoms with Gasteiger partial charge < -0.3 is 56.8 Å². The van der Waals surface area contributed by atoms with Gasteiger partial charge in [0.05, 0.1) is 99.1 Å². The van der Waals surface area contributed by atoms with Crippen LogP contribution in [0.25, 0.3) is 0 Å². The van der Waals surface area contributed by atoms with Crippen LogP contribution >= 0.6 is 11.6 Å². The second kappa shape index (κ2) is 31.5. The Labute approximate surface area is 268 Å². The summed E-state index contributed by atoms with van der Waals surface area (Å²) in [5.74, 6) is 1.77. The highest BCUT2D eigenvalue weighted by molar-refractivity contribution is 6.17. The molecule has 0 radical (unpaired) electrons. The zero-order valence-electron chi connectivity index (χ0n) is 27.0. The van der Waals surface area contributed by atoms with Crippen molar-refractivity contribution in [3.8, 4) is 17.2 Å². The average Bonchev–Trinajstić information content (AvgIpc) is 3.04. The standard InChI is InChI=1S/C31H55ClO12/c1-4-33-7-10-36-13-16-39-19-22-42-29-25-28(27-32)26-30(43-23-20-40-17-14-37-11-8-34-5-2)31(29)44-24-21-41-18-15-38-12-9-35-6-3/h25-26H,4-24,27H2,1-3H3. The molecule has 0 amide bonds. The predicted octanol–water partition coefficient (Wildman–Crippen LogP) is 3.77. The first kappa shape index (κ1) is 40.6. The molecule has 0 aromatic heterocycles. The molecule has 0 saturated carbocycles. The third-order valence-electron chi connectivity index (χ3n) is 5.52. The molecular weight excluding hydrogens is 600 g/mol. The van der Waals surface area contributed by atoms with Crippen molar-refractivity contribution < 1.29 is 56.8 Å². The molecule has 0 fully saturated rings. The normalized spacial score (nSPS) is 11.3. The summed E-state index contributed by atoms with van der Waals surface area (Å²) in [7, 11) is 0. The second-order valence-corrected chi connectivity index (χ2v) is 9.13. The lowest BCUT2D eigenvalue weighted by molar-refractivity contribution is 0.00864. The van der Waals surface area contributed by atoms with E-state index in [4.69, 9.17) is 68.4 Å².